The Balaban J connectivity index is 2.18. The lowest BCUT2D eigenvalue weighted by Gasteiger charge is -2.21. The maximum Gasteiger partial charge on any atom is 0.255 e. The number of amides is 1. The van der Waals surface area contributed by atoms with Crippen molar-refractivity contribution in [1.82, 2.24) is 0 Å². The third kappa shape index (κ3) is 2.81. The molecule has 1 saturated heterocycles. The largest absolute Gasteiger partial charge is 0.493 e. The van der Waals surface area contributed by atoms with Gasteiger partial charge in [-0.25, -0.2) is 0 Å². The third-order valence-electron chi connectivity index (χ3n) is 3.29. The van der Waals surface area contributed by atoms with E-state index in [2.05, 4.69) is 0 Å². The number of benzene rings is 1. The van der Waals surface area contributed by atoms with Gasteiger partial charge in [0.2, 0.25) is 0 Å². The number of ether oxygens (including phenoxy) is 3. The van der Waals surface area contributed by atoms with Gasteiger partial charge in [-0.05, 0) is 25.0 Å². The van der Waals surface area contributed by atoms with Crippen molar-refractivity contribution in [2.75, 3.05) is 32.8 Å². The molecule has 0 spiro atoms. The Labute approximate surface area is 113 Å². The first-order valence-corrected chi connectivity index (χ1v) is 6.28. The Bertz CT molecular complexity index is 455. The lowest BCUT2D eigenvalue weighted by Crippen LogP contribution is -2.36. The van der Waals surface area contributed by atoms with Crippen molar-refractivity contribution in [2.24, 2.45) is 0 Å². The fourth-order valence-corrected chi connectivity index (χ4v) is 2.15. The summed E-state index contributed by atoms with van der Waals surface area (Å²) >= 11 is 0. The van der Waals surface area contributed by atoms with Crippen LogP contribution in [0.5, 0.6) is 11.5 Å². The van der Waals surface area contributed by atoms with E-state index < -0.39 is 0 Å². The average Bonchev–Trinajstić information content (AvgIpc) is 2.99. The normalized spacial score (nSPS) is 18.2. The highest BCUT2D eigenvalue weighted by Gasteiger charge is 2.27. The molecule has 104 valence electrons. The van der Waals surface area contributed by atoms with E-state index in [1.54, 1.807) is 38.3 Å². The molecule has 5 nitrogen and oxygen atoms in total. The summed E-state index contributed by atoms with van der Waals surface area (Å²) in [5.74, 6) is 1.22. The van der Waals surface area contributed by atoms with Gasteiger partial charge < -0.3 is 19.1 Å². The fraction of sp³-hybridized carbons (Fsp3) is 0.500. The molecule has 1 amide bonds. The van der Waals surface area contributed by atoms with Crippen LogP contribution >= 0.6 is 0 Å². The van der Waals surface area contributed by atoms with Gasteiger partial charge in [-0.1, -0.05) is 0 Å². The molecule has 0 aliphatic carbocycles. The monoisotopic (exact) mass is 265 g/mol. The fourth-order valence-electron chi connectivity index (χ4n) is 2.15. The smallest absolute Gasteiger partial charge is 0.255 e. The zero-order chi connectivity index (χ0) is 13.8. The molecule has 0 bridgehead atoms. The van der Waals surface area contributed by atoms with E-state index in [1.165, 1.54) is 0 Å². The van der Waals surface area contributed by atoms with E-state index in [1.807, 2.05) is 6.07 Å². The van der Waals surface area contributed by atoms with E-state index in [0.29, 0.717) is 18.1 Å². The minimum atomic E-state index is -0.321. The molecular formula is C14H19NO4. The maximum atomic E-state index is 12.2. The van der Waals surface area contributed by atoms with Crippen molar-refractivity contribution in [2.45, 2.75) is 18.9 Å². The second-order valence-electron chi connectivity index (χ2n) is 4.44. The molecule has 1 atom stereocenters. The van der Waals surface area contributed by atoms with E-state index in [4.69, 9.17) is 14.2 Å². The molecule has 1 unspecified atom stereocenters. The van der Waals surface area contributed by atoms with Crippen LogP contribution in [0.4, 0.5) is 5.69 Å². The van der Waals surface area contributed by atoms with Crippen molar-refractivity contribution in [3.63, 3.8) is 0 Å². The van der Waals surface area contributed by atoms with E-state index in [9.17, 15) is 4.79 Å². The Morgan fingerprint density at radius 3 is 2.63 bits per heavy atom. The summed E-state index contributed by atoms with van der Waals surface area (Å²) in [4.78, 5) is 13.8. The van der Waals surface area contributed by atoms with Gasteiger partial charge in [-0.15, -0.1) is 0 Å². The molecular weight excluding hydrogens is 246 g/mol. The van der Waals surface area contributed by atoms with Gasteiger partial charge in [0.15, 0.2) is 11.5 Å². The van der Waals surface area contributed by atoms with Crippen LogP contribution in [-0.4, -0.2) is 39.9 Å². The molecule has 1 heterocycles. The van der Waals surface area contributed by atoms with E-state index in [-0.39, 0.29) is 12.0 Å². The van der Waals surface area contributed by atoms with Crippen LogP contribution < -0.4 is 14.4 Å². The van der Waals surface area contributed by atoms with Gasteiger partial charge >= 0.3 is 0 Å². The second-order valence-corrected chi connectivity index (χ2v) is 4.44. The van der Waals surface area contributed by atoms with Gasteiger partial charge in [0.25, 0.3) is 5.91 Å². The summed E-state index contributed by atoms with van der Waals surface area (Å²) in [5.41, 5.74) is 0.762. The average molecular weight is 265 g/mol. The Morgan fingerprint density at radius 2 is 2.05 bits per heavy atom. The van der Waals surface area contributed by atoms with Crippen LogP contribution in [0.2, 0.25) is 0 Å². The Kier molecular flexibility index (Phi) is 4.27. The number of hydrogen-bond acceptors (Lipinski definition) is 4. The lowest BCUT2D eigenvalue weighted by atomic mass is 10.2. The van der Waals surface area contributed by atoms with Gasteiger partial charge in [-0.2, -0.15) is 0 Å². The summed E-state index contributed by atoms with van der Waals surface area (Å²) in [7, 11) is 4.90. The minimum absolute atomic E-state index is 0.0234. The Hall–Kier alpha value is -1.75. The van der Waals surface area contributed by atoms with Crippen molar-refractivity contribution in [3.05, 3.63) is 18.2 Å². The van der Waals surface area contributed by atoms with Crippen LogP contribution in [0, 0.1) is 0 Å². The SMILES string of the molecule is COc1ccc(N(C)C(=O)C2CCCO2)cc1OC. The summed E-state index contributed by atoms with van der Waals surface area (Å²) in [6.45, 7) is 0.663. The zero-order valence-electron chi connectivity index (χ0n) is 11.5. The highest BCUT2D eigenvalue weighted by atomic mass is 16.5. The molecule has 0 N–H and O–H groups in total. The van der Waals surface area contributed by atoms with Gasteiger partial charge in [0.1, 0.15) is 6.10 Å². The number of carbonyl (C=O) groups is 1. The molecule has 1 aromatic carbocycles. The van der Waals surface area contributed by atoms with Crippen LogP contribution in [0.1, 0.15) is 12.8 Å². The Morgan fingerprint density at radius 1 is 1.32 bits per heavy atom. The standard InChI is InChI=1S/C14H19NO4/c1-15(14(16)12-5-4-8-19-12)10-6-7-11(17-2)13(9-10)18-3/h6-7,9,12H,4-5,8H2,1-3H3. The number of carbonyl (C=O) groups excluding carboxylic acids is 1. The third-order valence-corrected chi connectivity index (χ3v) is 3.29. The molecule has 19 heavy (non-hydrogen) atoms. The summed E-state index contributed by atoms with van der Waals surface area (Å²) in [6, 6.07) is 5.40. The van der Waals surface area contributed by atoms with Crippen molar-refractivity contribution in [3.8, 4) is 11.5 Å². The van der Waals surface area contributed by atoms with Gasteiger partial charge in [-0.3, -0.25) is 4.79 Å². The predicted octanol–water partition coefficient (Wildman–Crippen LogP) is 1.85. The minimum Gasteiger partial charge on any atom is -0.493 e. The number of likely N-dealkylation sites (N-methyl/N-ethyl adjacent to an activating group) is 1. The van der Waals surface area contributed by atoms with Crippen LogP contribution in [0.25, 0.3) is 0 Å². The number of methoxy groups -OCH3 is 2. The molecule has 0 saturated carbocycles. The second kappa shape index (κ2) is 5.93. The van der Waals surface area contributed by atoms with E-state index in [0.717, 1.165) is 18.5 Å². The first-order chi connectivity index (χ1) is 9.17. The van der Waals surface area contributed by atoms with Gasteiger partial charge in [0, 0.05) is 25.4 Å². The van der Waals surface area contributed by atoms with Crippen molar-refractivity contribution < 1.29 is 19.0 Å². The molecule has 2 rings (SSSR count). The summed E-state index contributed by atoms with van der Waals surface area (Å²) < 4.78 is 15.8. The van der Waals surface area contributed by atoms with Gasteiger partial charge in [0.05, 0.1) is 14.2 Å². The molecule has 0 radical (unpaired) electrons. The summed E-state index contributed by atoms with van der Waals surface area (Å²) in [6.07, 6.45) is 1.41. The number of rotatable bonds is 4. The van der Waals surface area contributed by atoms with E-state index >= 15 is 0 Å². The zero-order valence-corrected chi connectivity index (χ0v) is 11.5. The molecule has 0 aromatic heterocycles. The topological polar surface area (TPSA) is 48.0 Å². The molecule has 1 aromatic rings. The van der Waals surface area contributed by atoms with Crippen LogP contribution in [0.15, 0.2) is 18.2 Å². The number of anilines is 1. The maximum absolute atomic E-state index is 12.2. The van der Waals surface area contributed by atoms with Crippen LogP contribution in [0.3, 0.4) is 0 Å². The van der Waals surface area contributed by atoms with Crippen molar-refractivity contribution >= 4 is 11.6 Å². The highest BCUT2D eigenvalue weighted by Crippen LogP contribution is 2.31. The molecule has 1 aliphatic heterocycles. The summed E-state index contributed by atoms with van der Waals surface area (Å²) in [5, 5.41) is 0. The number of nitrogens with zero attached hydrogens (tertiary/aromatic N) is 1. The lowest BCUT2D eigenvalue weighted by molar-refractivity contribution is -0.127. The quantitative estimate of drug-likeness (QED) is 0.833. The number of hydrogen-bond donors (Lipinski definition) is 0. The molecule has 5 heteroatoms. The molecule has 1 aliphatic rings. The van der Waals surface area contributed by atoms with Crippen LogP contribution in [-0.2, 0) is 9.53 Å². The van der Waals surface area contributed by atoms with Crippen molar-refractivity contribution in [1.29, 1.82) is 0 Å². The molecule has 1 fully saturated rings. The first kappa shape index (κ1) is 13.7. The highest BCUT2D eigenvalue weighted by molar-refractivity contribution is 5.96. The first-order valence-electron chi connectivity index (χ1n) is 6.28. The predicted molar refractivity (Wildman–Crippen MR) is 71.9 cm³/mol.